The van der Waals surface area contributed by atoms with Crippen LogP contribution in [0, 0.1) is 11.6 Å². The molecule has 0 aliphatic carbocycles. The lowest BCUT2D eigenvalue weighted by Gasteiger charge is -2.19. The number of aryl methyl sites for hydroxylation is 1. The number of amides is 1. The molecule has 4 aromatic rings. The number of nitrogens with zero attached hydrogens (tertiary/aromatic N) is 4. The van der Waals surface area contributed by atoms with E-state index < -0.39 is 23.6 Å². The lowest BCUT2D eigenvalue weighted by Crippen LogP contribution is -2.29. The predicted octanol–water partition coefficient (Wildman–Crippen LogP) is 3.23. The number of carbonyl (C=O) groups excluding carboxylic acids is 1. The van der Waals surface area contributed by atoms with E-state index in [1.807, 2.05) is 0 Å². The summed E-state index contributed by atoms with van der Waals surface area (Å²) in [5.74, 6) is -1.41. The van der Waals surface area contributed by atoms with Crippen molar-refractivity contribution in [2.45, 2.75) is 6.04 Å². The topological polar surface area (TPSA) is 103 Å². The number of hydrogen-bond donors (Lipinski definition) is 2. The Labute approximate surface area is 200 Å². The molecule has 0 bridgehead atoms. The summed E-state index contributed by atoms with van der Waals surface area (Å²) in [5.41, 5.74) is 1.41. The van der Waals surface area contributed by atoms with Crippen LogP contribution in [0.15, 0.2) is 48.9 Å². The summed E-state index contributed by atoms with van der Waals surface area (Å²) in [4.78, 5) is 21.6. The zero-order valence-electron chi connectivity index (χ0n) is 19.4. The fourth-order valence-corrected chi connectivity index (χ4v) is 3.60. The van der Waals surface area contributed by atoms with Crippen molar-refractivity contribution < 1.29 is 23.0 Å². The first kappa shape index (κ1) is 24.0. The third-order valence-corrected chi connectivity index (χ3v) is 5.34. The van der Waals surface area contributed by atoms with Crippen LogP contribution in [0.3, 0.4) is 0 Å². The molecule has 2 heterocycles. The molecule has 0 unspecified atom stereocenters. The van der Waals surface area contributed by atoms with E-state index in [0.717, 1.165) is 6.07 Å². The van der Waals surface area contributed by atoms with Crippen molar-refractivity contribution >= 4 is 22.8 Å². The van der Waals surface area contributed by atoms with Crippen LogP contribution in [-0.4, -0.2) is 53.0 Å². The summed E-state index contributed by atoms with van der Waals surface area (Å²) in [6.45, 7) is 0.912. The van der Waals surface area contributed by atoms with Crippen molar-refractivity contribution in [3.8, 4) is 5.75 Å². The fourth-order valence-electron chi connectivity index (χ4n) is 3.60. The Morgan fingerprint density at radius 1 is 1.11 bits per heavy atom. The third kappa shape index (κ3) is 5.35. The first-order chi connectivity index (χ1) is 16.9. The lowest BCUT2D eigenvalue weighted by atomic mass is 10.0. The summed E-state index contributed by atoms with van der Waals surface area (Å²) in [5, 5.41) is 10.2. The van der Waals surface area contributed by atoms with E-state index in [2.05, 4.69) is 25.7 Å². The van der Waals surface area contributed by atoms with Crippen LogP contribution < -0.4 is 15.4 Å². The molecule has 0 aliphatic heterocycles. The molecule has 2 N–H and O–H groups in total. The van der Waals surface area contributed by atoms with Gasteiger partial charge in [-0.3, -0.25) is 9.48 Å². The number of nitrogens with one attached hydrogen (secondary N) is 2. The van der Waals surface area contributed by atoms with Crippen LogP contribution >= 0.6 is 0 Å². The number of fused-ring (bicyclic) bond motifs is 1. The summed E-state index contributed by atoms with van der Waals surface area (Å²) >= 11 is 0. The van der Waals surface area contributed by atoms with Gasteiger partial charge >= 0.3 is 0 Å². The van der Waals surface area contributed by atoms with Gasteiger partial charge in [0.1, 0.15) is 5.82 Å². The molecule has 9 nitrogen and oxygen atoms in total. The largest absolute Gasteiger partial charge is 0.494 e. The normalized spacial score (nSPS) is 11.9. The molecule has 2 aromatic heterocycles. The van der Waals surface area contributed by atoms with Gasteiger partial charge in [-0.1, -0.05) is 6.07 Å². The van der Waals surface area contributed by atoms with Crippen molar-refractivity contribution in [2.75, 3.05) is 32.7 Å². The fraction of sp³-hybridized carbons (Fsp3) is 0.250. The number of benzene rings is 2. The maximum absolute atomic E-state index is 14.8. The summed E-state index contributed by atoms with van der Waals surface area (Å²) in [6.07, 6.45) is 4.63. The molecular weight excluding hydrogens is 458 g/mol. The summed E-state index contributed by atoms with van der Waals surface area (Å²) < 4.78 is 40.8. The number of carbonyl (C=O) groups is 1. The zero-order valence-corrected chi connectivity index (χ0v) is 19.4. The Morgan fingerprint density at radius 3 is 2.63 bits per heavy atom. The maximum atomic E-state index is 14.8. The summed E-state index contributed by atoms with van der Waals surface area (Å²) in [7, 11) is 4.67. The van der Waals surface area contributed by atoms with Crippen molar-refractivity contribution in [3.63, 3.8) is 0 Å². The first-order valence-electron chi connectivity index (χ1n) is 10.7. The number of hydrogen-bond acceptors (Lipinski definition) is 7. The van der Waals surface area contributed by atoms with Crippen LogP contribution in [0.1, 0.15) is 27.5 Å². The highest BCUT2D eigenvalue weighted by molar-refractivity contribution is 5.98. The molecule has 0 fully saturated rings. The number of rotatable bonds is 9. The third-order valence-electron chi connectivity index (χ3n) is 5.34. The van der Waals surface area contributed by atoms with Gasteiger partial charge in [0, 0.05) is 44.2 Å². The van der Waals surface area contributed by atoms with Crippen LogP contribution in [0.25, 0.3) is 10.9 Å². The van der Waals surface area contributed by atoms with Gasteiger partial charge in [0.05, 0.1) is 36.9 Å². The monoisotopic (exact) mass is 482 g/mol. The van der Waals surface area contributed by atoms with Gasteiger partial charge in [-0.15, -0.1) is 0 Å². The van der Waals surface area contributed by atoms with Crippen LogP contribution in [0.4, 0.5) is 14.7 Å². The number of aromatic nitrogens is 4. The van der Waals surface area contributed by atoms with Gasteiger partial charge in [0.2, 0.25) is 5.95 Å². The van der Waals surface area contributed by atoms with Gasteiger partial charge in [0.25, 0.3) is 5.91 Å². The molecule has 1 atom stereocenters. The van der Waals surface area contributed by atoms with Crippen molar-refractivity contribution in [2.24, 2.45) is 7.05 Å². The molecule has 0 saturated heterocycles. The molecule has 0 saturated carbocycles. The van der Waals surface area contributed by atoms with Gasteiger partial charge in [-0.25, -0.2) is 18.7 Å². The highest BCUT2D eigenvalue weighted by Gasteiger charge is 2.22. The molecule has 4 rings (SSSR count). The molecular formula is C24H24F2N6O3. The van der Waals surface area contributed by atoms with Gasteiger partial charge in [-0.2, -0.15) is 5.10 Å². The van der Waals surface area contributed by atoms with E-state index in [4.69, 9.17) is 9.47 Å². The first-order valence-corrected chi connectivity index (χ1v) is 10.7. The highest BCUT2D eigenvalue weighted by atomic mass is 19.1. The van der Waals surface area contributed by atoms with E-state index in [1.54, 1.807) is 37.3 Å². The molecule has 35 heavy (non-hydrogen) atoms. The second kappa shape index (κ2) is 10.4. The average molecular weight is 482 g/mol. The van der Waals surface area contributed by atoms with Crippen molar-refractivity contribution in [1.29, 1.82) is 0 Å². The Bertz CT molecular complexity index is 1360. The van der Waals surface area contributed by atoms with Crippen molar-refractivity contribution in [1.82, 2.24) is 25.1 Å². The quantitative estimate of drug-likeness (QED) is 0.353. The minimum atomic E-state index is -0.743. The van der Waals surface area contributed by atoms with Gasteiger partial charge < -0.3 is 20.1 Å². The highest BCUT2D eigenvalue weighted by Crippen LogP contribution is 2.27. The van der Waals surface area contributed by atoms with Crippen LogP contribution in [0.5, 0.6) is 5.75 Å². The number of halogens is 2. The molecule has 11 heteroatoms. The number of ether oxygens (including phenoxy) is 2. The van der Waals surface area contributed by atoms with Crippen molar-refractivity contribution in [3.05, 3.63) is 77.2 Å². The van der Waals surface area contributed by atoms with Crippen LogP contribution in [0.2, 0.25) is 0 Å². The van der Waals surface area contributed by atoms with Crippen LogP contribution in [-0.2, 0) is 11.8 Å². The molecule has 0 aliphatic rings. The smallest absolute Gasteiger partial charge is 0.252 e. The Kier molecular flexibility index (Phi) is 7.16. The SMILES string of the molecule is COCCNc1ncc2c(F)cc(C(=O)N[C@@H](c3ccc(OC)c(F)c3)c3cnn(C)c3)cc2n1. The molecule has 0 spiro atoms. The Hall–Kier alpha value is -4.12. The predicted molar refractivity (Wildman–Crippen MR) is 125 cm³/mol. The van der Waals surface area contributed by atoms with E-state index in [1.165, 1.54) is 31.5 Å². The second-order valence-electron chi connectivity index (χ2n) is 7.75. The Balaban J connectivity index is 1.66. The number of anilines is 1. The standard InChI is InChI=1S/C24H24F2N6O3/c1-32-13-16(11-29-32)22(14-4-5-21(35-3)19(26)8-14)31-23(33)15-9-18(25)17-12-28-24(27-6-7-34-2)30-20(17)10-15/h4-5,8-13,22H,6-7H2,1-3H3,(H,31,33)(H,27,28,30)/t22-/m0/s1. The minimum Gasteiger partial charge on any atom is -0.494 e. The molecule has 2 aromatic carbocycles. The second-order valence-corrected chi connectivity index (χ2v) is 7.75. The van der Waals surface area contributed by atoms with Gasteiger partial charge in [0.15, 0.2) is 11.6 Å². The molecule has 0 radical (unpaired) electrons. The Morgan fingerprint density at radius 2 is 1.94 bits per heavy atom. The van der Waals surface area contributed by atoms with E-state index >= 15 is 0 Å². The maximum Gasteiger partial charge on any atom is 0.252 e. The summed E-state index contributed by atoms with van der Waals surface area (Å²) in [6, 6.07) is 6.26. The van der Waals surface area contributed by atoms with E-state index in [9.17, 15) is 13.6 Å². The molecule has 1 amide bonds. The van der Waals surface area contributed by atoms with Gasteiger partial charge in [-0.05, 0) is 29.8 Å². The number of methoxy groups -OCH3 is 2. The molecule has 182 valence electrons. The van der Waals surface area contributed by atoms with E-state index in [0.29, 0.717) is 24.3 Å². The van der Waals surface area contributed by atoms with E-state index in [-0.39, 0.29) is 28.2 Å². The minimum absolute atomic E-state index is 0.0550. The average Bonchev–Trinajstić information content (AvgIpc) is 3.28. The zero-order chi connectivity index (χ0) is 24.9. The lowest BCUT2D eigenvalue weighted by molar-refractivity contribution is 0.0942.